The summed E-state index contributed by atoms with van der Waals surface area (Å²) in [5, 5.41) is 0. The Hall–Kier alpha value is -0.880. The molecule has 2 aromatic heterocycles. The number of nitrogens with zero attached hydrogens (tertiary/aromatic N) is 2. The van der Waals surface area contributed by atoms with E-state index in [1.807, 2.05) is 11.3 Å². The summed E-state index contributed by atoms with van der Waals surface area (Å²) < 4.78 is 7.49. The zero-order chi connectivity index (χ0) is 10.3. The summed E-state index contributed by atoms with van der Waals surface area (Å²) in [4.78, 5) is 16.1. The number of methoxy groups -OCH3 is 1. The average Bonchev–Trinajstić information content (AvgIpc) is 2.69. The molecule has 2 heterocycles. The number of hydrogen-bond donors (Lipinski definition) is 0. The molecule has 0 N–H and O–H groups in total. The van der Waals surface area contributed by atoms with Crippen molar-refractivity contribution >= 4 is 38.1 Å². The van der Waals surface area contributed by atoms with Gasteiger partial charge in [0, 0.05) is 5.69 Å². The minimum absolute atomic E-state index is 0.367. The van der Waals surface area contributed by atoms with Gasteiger partial charge < -0.3 is 4.74 Å². The second-order valence-corrected chi connectivity index (χ2v) is 5.04. The summed E-state index contributed by atoms with van der Waals surface area (Å²) in [5.74, 6) is -0.402. The highest BCUT2D eigenvalue weighted by atomic mass is 79.9. The summed E-state index contributed by atoms with van der Waals surface area (Å²) in [6.07, 6.45) is 1.62. The Bertz CT molecular complexity index is 503. The average molecular weight is 275 g/mol. The van der Waals surface area contributed by atoms with Gasteiger partial charge in [-0.05, 0) is 22.9 Å². The zero-order valence-electron chi connectivity index (χ0n) is 7.57. The van der Waals surface area contributed by atoms with E-state index in [2.05, 4.69) is 25.7 Å². The van der Waals surface area contributed by atoms with Crippen molar-refractivity contribution in [1.29, 1.82) is 0 Å². The van der Waals surface area contributed by atoms with Crippen LogP contribution < -0.4 is 0 Å². The van der Waals surface area contributed by atoms with Crippen LogP contribution in [0, 0.1) is 6.92 Å². The van der Waals surface area contributed by atoms with Gasteiger partial charge in [0.05, 0.1) is 10.9 Å². The third kappa shape index (κ3) is 1.26. The lowest BCUT2D eigenvalue weighted by Gasteiger charge is -1.91. The Labute approximate surface area is 92.6 Å². The van der Waals surface area contributed by atoms with Crippen LogP contribution in [0.1, 0.15) is 16.2 Å². The molecule has 0 atom stereocenters. The van der Waals surface area contributed by atoms with Crippen LogP contribution in [-0.2, 0) is 4.74 Å². The number of aromatic nitrogens is 2. The van der Waals surface area contributed by atoms with E-state index in [-0.39, 0.29) is 0 Å². The molecule has 0 amide bonds. The van der Waals surface area contributed by atoms with Gasteiger partial charge >= 0.3 is 5.97 Å². The molecule has 0 bridgehead atoms. The van der Waals surface area contributed by atoms with Gasteiger partial charge in [-0.15, -0.1) is 11.3 Å². The molecule has 0 aliphatic carbocycles. The number of esters is 1. The van der Waals surface area contributed by atoms with Crippen molar-refractivity contribution in [2.24, 2.45) is 0 Å². The first-order chi connectivity index (χ1) is 6.65. The number of imidazole rings is 1. The minimum Gasteiger partial charge on any atom is -0.464 e. The van der Waals surface area contributed by atoms with Gasteiger partial charge in [-0.25, -0.2) is 9.78 Å². The summed E-state index contributed by atoms with van der Waals surface area (Å²) in [6.45, 7) is 1.95. The molecule has 2 aromatic rings. The second-order valence-electron chi connectivity index (χ2n) is 2.72. The van der Waals surface area contributed by atoms with E-state index < -0.39 is 5.97 Å². The molecular formula is C8H7BrN2O2S. The minimum atomic E-state index is -0.402. The van der Waals surface area contributed by atoms with E-state index in [1.54, 1.807) is 6.33 Å². The topological polar surface area (TPSA) is 43.6 Å². The summed E-state index contributed by atoms with van der Waals surface area (Å²) in [6, 6.07) is 0. The Kier molecular flexibility index (Phi) is 2.32. The van der Waals surface area contributed by atoms with Crippen LogP contribution in [0.2, 0.25) is 0 Å². The largest absolute Gasteiger partial charge is 0.464 e. The van der Waals surface area contributed by atoms with Crippen molar-refractivity contribution in [2.75, 3.05) is 7.11 Å². The second kappa shape index (κ2) is 3.36. The highest BCUT2D eigenvalue weighted by Crippen LogP contribution is 2.30. The van der Waals surface area contributed by atoms with Crippen LogP contribution in [0.25, 0.3) is 4.83 Å². The molecule has 0 aliphatic heterocycles. The van der Waals surface area contributed by atoms with Gasteiger partial charge in [0.2, 0.25) is 0 Å². The summed E-state index contributed by atoms with van der Waals surface area (Å²) in [7, 11) is 1.35. The maximum atomic E-state index is 11.3. The molecule has 14 heavy (non-hydrogen) atoms. The third-order valence-electron chi connectivity index (χ3n) is 1.93. The number of ether oxygens (including phenoxy) is 1. The fourth-order valence-corrected chi connectivity index (χ4v) is 2.75. The van der Waals surface area contributed by atoms with Gasteiger partial charge in [-0.2, -0.15) is 0 Å². The Balaban J connectivity index is 2.69. The van der Waals surface area contributed by atoms with Crippen LogP contribution in [0.3, 0.4) is 0 Å². The first-order valence-corrected chi connectivity index (χ1v) is 5.46. The summed E-state index contributed by atoms with van der Waals surface area (Å²) >= 11 is 4.88. The molecule has 74 valence electrons. The van der Waals surface area contributed by atoms with Gasteiger partial charge in [0.1, 0.15) is 11.2 Å². The number of carbonyl (C=O) groups is 1. The molecule has 0 aliphatic rings. The molecule has 0 unspecified atom stereocenters. The van der Waals surface area contributed by atoms with Crippen molar-refractivity contribution in [2.45, 2.75) is 6.92 Å². The quantitative estimate of drug-likeness (QED) is 0.750. The lowest BCUT2D eigenvalue weighted by molar-refractivity contribution is 0.0597. The van der Waals surface area contributed by atoms with E-state index >= 15 is 0 Å². The SMILES string of the molecule is COC(=O)c1ncn2c(C)c(Br)sc12. The van der Waals surface area contributed by atoms with Crippen molar-refractivity contribution in [3.05, 3.63) is 21.5 Å². The molecule has 6 heteroatoms. The van der Waals surface area contributed by atoms with Crippen LogP contribution in [0.5, 0.6) is 0 Å². The normalized spacial score (nSPS) is 10.8. The first kappa shape index (κ1) is 9.67. The number of carbonyl (C=O) groups excluding carboxylic acids is 1. The number of rotatable bonds is 1. The van der Waals surface area contributed by atoms with Crippen molar-refractivity contribution in [3.8, 4) is 0 Å². The molecule has 4 nitrogen and oxygen atoms in total. The van der Waals surface area contributed by atoms with Crippen molar-refractivity contribution in [1.82, 2.24) is 9.38 Å². The number of aryl methyl sites for hydroxylation is 1. The smallest absolute Gasteiger partial charge is 0.359 e. The molecule has 0 spiro atoms. The highest BCUT2D eigenvalue weighted by molar-refractivity contribution is 9.11. The van der Waals surface area contributed by atoms with Gasteiger partial charge in [0.15, 0.2) is 5.69 Å². The van der Waals surface area contributed by atoms with E-state index in [0.717, 1.165) is 14.3 Å². The Morgan fingerprint density at radius 1 is 1.71 bits per heavy atom. The number of fused-ring (bicyclic) bond motifs is 1. The Morgan fingerprint density at radius 3 is 3.07 bits per heavy atom. The number of hydrogen-bond acceptors (Lipinski definition) is 4. The predicted molar refractivity (Wildman–Crippen MR) is 56.8 cm³/mol. The van der Waals surface area contributed by atoms with Crippen molar-refractivity contribution < 1.29 is 9.53 Å². The fraction of sp³-hybridized carbons (Fsp3) is 0.250. The number of thiazole rings is 1. The van der Waals surface area contributed by atoms with Gasteiger partial charge in [-0.3, -0.25) is 4.40 Å². The van der Waals surface area contributed by atoms with E-state index in [1.165, 1.54) is 18.4 Å². The van der Waals surface area contributed by atoms with E-state index in [9.17, 15) is 4.79 Å². The Morgan fingerprint density at radius 2 is 2.43 bits per heavy atom. The lowest BCUT2D eigenvalue weighted by Crippen LogP contribution is -2.01. The summed E-state index contributed by atoms with van der Waals surface area (Å²) in [5.41, 5.74) is 1.40. The van der Waals surface area contributed by atoms with E-state index in [4.69, 9.17) is 0 Å². The first-order valence-electron chi connectivity index (χ1n) is 3.85. The molecule has 0 fully saturated rings. The molecular weight excluding hydrogens is 268 g/mol. The fourth-order valence-electron chi connectivity index (χ4n) is 1.16. The molecule has 0 aromatic carbocycles. The van der Waals surface area contributed by atoms with Crippen LogP contribution in [-0.4, -0.2) is 22.5 Å². The van der Waals surface area contributed by atoms with Gasteiger partial charge in [0.25, 0.3) is 0 Å². The molecule has 2 rings (SSSR count). The maximum absolute atomic E-state index is 11.3. The van der Waals surface area contributed by atoms with Crippen molar-refractivity contribution in [3.63, 3.8) is 0 Å². The monoisotopic (exact) mass is 274 g/mol. The number of halogens is 1. The molecule has 0 radical (unpaired) electrons. The third-order valence-corrected chi connectivity index (χ3v) is 4.05. The van der Waals surface area contributed by atoms with E-state index in [0.29, 0.717) is 5.69 Å². The maximum Gasteiger partial charge on any atom is 0.359 e. The van der Waals surface area contributed by atoms with Crippen LogP contribution in [0.4, 0.5) is 0 Å². The zero-order valence-corrected chi connectivity index (χ0v) is 9.98. The standard InChI is InChI=1S/C8H7BrN2O2S/c1-4-6(9)14-7-5(8(12)13-2)10-3-11(4)7/h3H,1-2H3. The van der Waals surface area contributed by atoms with Crippen LogP contribution in [0.15, 0.2) is 10.1 Å². The lowest BCUT2D eigenvalue weighted by atomic mass is 10.5. The highest BCUT2D eigenvalue weighted by Gasteiger charge is 2.17. The van der Waals surface area contributed by atoms with Gasteiger partial charge in [-0.1, -0.05) is 0 Å². The van der Waals surface area contributed by atoms with Crippen LogP contribution >= 0.6 is 27.3 Å². The molecule has 0 saturated carbocycles. The molecule has 0 saturated heterocycles. The predicted octanol–water partition coefficient (Wildman–Crippen LogP) is 2.25.